The van der Waals surface area contributed by atoms with Gasteiger partial charge in [0.15, 0.2) is 11.5 Å². The maximum absolute atomic E-state index is 5.40. The van der Waals surface area contributed by atoms with Gasteiger partial charge in [-0.05, 0) is 42.5 Å². The molecule has 2 atom stereocenters. The molecule has 1 heterocycles. The molecule has 21 heavy (non-hydrogen) atoms. The molecule has 114 valence electrons. The van der Waals surface area contributed by atoms with Gasteiger partial charge in [0.05, 0.1) is 14.2 Å². The first-order valence-corrected chi connectivity index (χ1v) is 8.09. The van der Waals surface area contributed by atoms with Crippen molar-refractivity contribution in [1.29, 1.82) is 0 Å². The molecule has 0 spiro atoms. The molecule has 2 rings (SSSR count). The molecule has 1 aromatic carbocycles. The highest BCUT2D eigenvalue weighted by Crippen LogP contribution is 2.32. The third kappa shape index (κ3) is 3.77. The van der Waals surface area contributed by atoms with Crippen molar-refractivity contribution >= 4 is 11.3 Å². The van der Waals surface area contributed by atoms with Crippen molar-refractivity contribution in [2.24, 2.45) is 0 Å². The quantitative estimate of drug-likeness (QED) is 0.813. The Morgan fingerprint density at radius 3 is 2.48 bits per heavy atom. The number of nitrogens with one attached hydrogen (secondary N) is 1. The van der Waals surface area contributed by atoms with Crippen LogP contribution in [0.5, 0.6) is 11.5 Å². The summed E-state index contributed by atoms with van der Waals surface area (Å²) < 4.78 is 10.7. The molecule has 0 amide bonds. The molecule has 0 radical (unpaired) electrons. The highest BCUT2D eigenvalue weighted by Gasteiger charge is 2.16. The van der Waals surface area contributed by atoms with E-state index in [1.54, 1.807) is 25.6 Å². The van der Waals surface area contributed by atoms with E-state index in [2.05, 4.69) is 48.8 Å². The fraction of sp³-hybridized carbons (Fsp3) is 0.412. The maximum atomic E-state index is 5.40. The zero-order valence-corrected chi connectivity index (χ0v) is 13.9. The van der Waals surface area contributed by atoms with E-state index in [-0.39, 0.29) is 0 Å². The van der Waals surface area contributed by atoms with Crippen molar-refractivity contribution in [1.82, 2.24) is 5.32 Å². The van der Waals surface area contributed by atoms with Crippen molar-refractivity contribution in [2.75, 3.05) is 14.2 Å². The zero-order chi connectivity index (χ0) is 15.2. The third-order valence-corrected chi connectivity index (χ3v) is 4.69. The van der Waals surface area contributed by atoms with Crippen LogP contribution in [-0.2, 0) is 0 Å². The standard InChI is InChI=1S/C17H23NO2S/c1-5-14(18-12(2)17-7-6-10-21-17)13-8-9-15(19-3)16(11-13)20-4/h6-12,14,18H,5H2,1-4H3. The molecule has 0 bridgehead atoms. The molecule has 0 aliphatic rings. The maximum Gasteiger partial charge on any atom is 0.161 e. The zero-order valence-electron chi connectivity index (χ0n) is 13.1. The van der Waals surface area contributed by atoms with Crippen molar-refractivity contribution < 1.29 is 9.47 Å². The van der Waals surface area contributed by atoms with E-state index in [4.69, 9.17) is 9.47 Å². The summed E-state index contributed by atoms with van der Waals surface area (Å²) in [6.45, 7) is 4.39. The minimum absolute atomic E-state index is 0.293. The van der Waals surface area contributed by atoms with Crippen LogP contribution < -0.4 is 14.8 Å². The average molecular weight is 305 g/mol. The van der Waals surface area contributed by atoms with Gasteiger partial charge in [-0.3, -0.25) is 0 Å². The first kappa shape index (κ1) is 15.9. The van der Waals surface area contributed by atoms with E-state index in [0.717, 1.165) is 17.9 Å². The Labute approximate surface area is 130 Å². The second kappa shape index (κ2) is 7.48. The Bertz CT molecular complexity index is 554. The van der Waals surface area contributed by atoms with Crippen LogP contribution in [0.4, 0.5) is 0 Å². The molecular weight excluding hydrogens is 282 g/mol. The Balaban J connectivity index is 2.17. The number of benzene rings is 1. The second-order valence-corrected chi connectivity index (χ2v) is 5.96. The lowest BCUT2D eigenvalue weighted by atomic mass is 10.0. The van der Waals surface area contributed by atoms with Crippen LogP contribution >= 0.6 is 11.3 Å². The van der Waals surface area contributed by atoms with E-state index < -0.39 is 0 Å². The van der Waals surface area contributed by atoms with Gasteiger partial charge in [0.25, 0.3) is 0 Å². The van der Waals surface area contributed by atoms with Crippen LogP contribution in [0.15, 0.2) is 35.7 Å². The van der Waals surface area contributed by atoms with E-state index in [0.29, 0.717) is 12.1 Å². The van der Waals surface area contributed by atoms with Crippen LogP contribution in [0.2, 0.25) is 0 Å². The molecule has 3 nitrogen and oxygen atoms in total. The van der Waals surface area contributed by atoms with E-state index in [1.807, 2.05) is 6.07 Å². The number of hydrogen-bond donors (Lipinski definition) is 1. The van der Waals surface area contributed by atoms with Crippen LogP contribution in [0.3, 0.4) is 0 Å². The summed E-state index contributed by atoms with van der Waals surface area (Å²) in [6.07, 6.45) is 1.02. The lowest BCUT2D eigenvalue weighted by Gasteiger charge is -2.23. The molecule has 1 N–H and O–H groups in total. The van der Waals surface area contributed by atoms with Gasteiger partial charge in [-0.15, -0.1) is 11.3 Å². The van der Waals surface area contributed by atoms with Gasteiger partial charge in [0, 0.05) is 17.0 Å². The number of hydrogen-bond acceptors (Lipinski definition) is 4. The number of thiophene rings is 1. The summed E-state index contributed by atoms with van der Waals surface area (Å²) in [7, 11) is 3.33. The Kier molecular flexibility index (Phi) is 5.65. The molecule has 4 heteroatoms. The molecule has 0 saturated carbocycles. The Hall–Kier alpha value is -1.52. The van der Waals surface area contributed by atoms with Crippen molar-refractivity contribution in [2.45, 2.75) is 32.4 Å². The molecule has 0 saturated heterocycles. The normalized spacial score (nSPS) is 13.7. The summed E-state index contributed by atoms with van der Waals surface area (Å²) in [5, 5.41) is 5.80. The summed E-state index contributed by atoms with van der Waals surface area (Å²) >= 11 is 1.79. The molecule has 0 aliphatic carbocycles. The van der Waals surface area contributed by atoms with Crippen LogP contribution in [0.1, 0.15) is 42.8 Å². The summed E-state index contributed by atoms with van der Waals surface area (Å²) in [5.41, 5.74) is 1.22. The fourth-order valence-corrected chi connectivity index (χ4v) is 3.18. The molecule has 2 aromatic rings. The van der Waals surface area contributed by atoms with Crippen molar-refractivity contribution in [3.05, 3.63) is 46.2 Å². The minimum Gasteiger partial charge on any atom is -0.493 e. The molecule has 0 aliphatic heterocycles. The number of ether oxygens (including phenoxy) is 2. The topological polar surface area (TPSA) is 30.5 Å². The van der Waals surface area contributed by atoms with E-state index in [1.165, 1.54) is 10.4 Å². The fourth-order valence-electron chi connectivity index (χ4n) is 2.44. The molecule has 2 unspecified atom stereocenters. The Morgan fingerprint density at radius 2 is 1.90 bits per heavy atom. The minimum atomic E-state index is 0.293. The third-order valence-electron chi connectivity index (χ3n) is 3.64. The SMILES string of the molecule is CCC(NC(C)c1cccs1)c1ccc(OC)c(OC)c1. The van der Waals surface area contributed by atoms with Gasteiger partial charge >= 0.3 is 0 Å². The summed E-state index contributed by atoms with van der Waals surface area (Å²) in [5.74, 6) is 1.54. The first-order valence-electron chi connectivity index (χ1n) is 7.21. The van der Waals surface area contributed by atoms with Gasteiger partial charge in [-0.1, -0.05) is 19.1 Å². The smallest absolute Gasteiger partial charge is 0.161 e. The van der Waals surface area contributed by atoms with Crippen molar-refractivity contribution in [3.63, 3.8) is 0 Å². The van der Waals surface area contributed by atoms with Gasteiger partial charge in [-0.25, -0.2) is 0 Å². The van der Waals surface area contributed by atoms with E-state index in [9.17, 15) is 0 Å². The predicted molar refractivity (Wildman–Crippen MR) is 88.4 cm³/mol. The first-order chi connectivity index (χ1) is 10.2. The predicted octanol–water partition coefficient (Wildman–Crippen LogP) is 4.57. The Morgan fingerprint density at radius 1 is 1.14 bits per heavy atom. The summed E-state index contributed by atoms with van der Waals surface area (Å²) in [4.78, 5) is 1.36. The summed E-state index contributed by atoms with van der Waals surface area (Å²) in [6, 6.07) is 11.0. The van der Waals surface area contributed by atoms with Crippen LogP contribution in [0, 0.1) is 0 Å². The molecule has 1 aromatic heterocycles. The van der Waals surface area contributed by atoms with Crippen LogP contribution in [-0.4, -0.2) is 14.2 Å². The number of methoxy groups -OCH3 is 2. The number of rotatable bonds is 7. The molecular formula is C17H23NO2S. The largest absolute Gasteiger partial charge is 0.493 e. The lowest BCUT2D eigenvalue weighted by molar-refractivity contribution is 0.353. The monoisotopic (exact) mass is 305 g/mol. The highest BCUT2D eigenvalue weighted by molar-refractivity contribution is 7.10. The highest BCUT2D eigenvalue weighted by atomic mass is 32.1. The van der Waals surface area contributed by atoms with Gasteiger partial charge in [-0.2, -0.15) is 0 Å². The molecule has 0 fully saturated rings. The lowest BCUT2D eigenvalue weighted by Crippen LogP contribution is -2.23. The van der Waals surface area contributed by atoms with E-state index >= 15 is 0 Å². The van der Waals surface area contributed by atoms with Gasteiger partial charge < -0.3 is 14.8 Å². The van der Waals surface area contributed by atoms with Gasteiger partial charge in [0.1, 0.15) is 0 Å². The van der Waals surface area contributed by atoms with Gasteiger partial charge in [0.2, 0.25) is 0 Å². The van der Waals surface area contributed by atoms with Crippen LogP contribution in [0.25, 0.3) is 0 Å². The van der Waals surface area contributed by atoms with Crippen molar-refractivity contribution in [3.8, 4) is 11.5 Å². The average Bonchev–Trinajstić information content (AvgIpc) is 3.06. The second-order valence-electron chi connectivity index (χ2n) is 4.98.